The molecule has 11 heavy (non-hydrogen) atoms. The first kappa shape index (κ1) is 7.52. The lowest BCUT2D eigenvalue weighted by molar-refractivity contribution is -0.392. The zero-order chi connectivity index (χ0) is 8.43. The Bertz CT molecular complexity index is 280. The normalized spacial score (nSPS) is 9.91. The van der Waals surface area contributed by atoms with Crippen molar-refractivity contribution in [3.8, 4) is 0 Å². The van der Waals surface area contributed by atoms with Crippen molar-refractivity contribution in [2.24, 2.45) is 0 Å². The molecular formula is C5H8N4O2. The number of nitrogens with two attached hydrogens (primary N) is 1. The predicted molar refractivity (Wildman–Crippen MR) is 39.0 cm³/mol. The molecule has 1 heterocycles. The molecule has 0 aliphatic rings. The molecule has 0 fully saturated rings. The van der Waals surface area contributed by atoms with Crippen molar-refractivity contribution in [2.75, 3.05) is 5.73 Å². The Morgan fingerprint density at radius 3 is 2.91 bits per heavy atom. The molecule has 0 aliphatic heterocycles. The minimum absolute atomic E-state index is 0.0648. The van der Waals surface area contributed by atoms with Crippen LogP contribution in [-0.2, 0) is 6.54 Å². The molecule has 2 N–H and O–H groups in total. The van der Waals surface area contributed by atoms with Crippen LogP contribution in [0.3, 0.4) is 0 Å². The van der Waals surface area contributed by atoms with E-state index in [0.717, 1.165) is 0 Å². The average Bonchev–Trinajstić information content (AvgIpc) is 2.30. The van der Waals surface area contributed by atoms with Gasteiger partial charge in [0.05, 0.1) is 6.07 Å². The number of anilines is 1. The van der Waals surface area contributed by atoms with Crippen LogP contribution in [-0.4, -0.2) is 14.7 Å². The standard InChI is InChI=1S/C5H8N4O2/c1-2-8-5(9(10)11)3-4(6)7-8/h3H,2H2,1H3,(H2,6,7). The predicted octanol–water partition coefficient (Wildman–Crippen LogP) is 0.393. The van der Waals surface area contributed by atoms with Gasteiger partial charge in [0.1, 0.15) is 6.54 Å². The van der Waals surface area contributed by atoms with Gasteiger partial charge in [0.15, 0.2) is 5.82 Å². The molecule has 0 saturated carbocycles. The molecule has 0 aliphatic carbocycles. The summed E-state index contributed by atoms with van der Waals surface area (Å²) < 4.78 is 1.25. The fourth-order valence-electron chi connectivity index (χ4n) is 0.806. The van der Waals surface area contributed by atoms with Crippen molar-refractivity contribution < 1.29 is 4.92 Å². The van der Waals surface area contributed by atoms with E-state index in [9.17, 15) is 10.1 Å². The highest BCUT2D eigenvalue weighted by molar-refractivity contribution is 5.36. The summed E-state index contributed by atoms with van der Waals surface area (Å²) in [5.74, 6) is 0.114. The lowest BCUT2D eigenvalue weighted by atomic mass is 10.6. The van der Waals surface area contributed by atoms with E-state index in [2.05, 4.69) is 5.10 Å². The molecule has 6 heteroatoms. The van der Waals surface area contributed by atoms with E-state index in [1.165, 1.54) is 10.7 Å². The molecule has 0 aromatic carbocycles. The second-order valence-corrected chi connectivity index (χ2v) is 2.00. The zero-order valence-electron chi connectivity index (χ0n) is 6.02. The van der Waals surface area contributed by atoms with Gasteiger partial charge in [-0.15, -0.1) is 4.68 Å². The van der Waals surface area contributed by atoms with Crippen molar-refractivity contribution >= 4 is 11.6 Å². The summed E-state index contributed by atoms with van der Waals surface area (Å²) in [6.07, 6.45) is 0. The Kier molecular flexibility index (Phi) is 1.75. The number of rotatable bonds is 2. The summed E-state index contributed by atoms with van der Waals surface area (Å²) in [5, 5.41) is 14.0. The van der Waals surface area contributed by atoms with Crippen LogP contribution in [0.2, 0.25) is 0 Å². The third-order valence-corrected chi connectivity index (χ3v) is 1.26. The SMILES string of the molecule is CCn1nc(N)cc1[N+](=O)[O-]. The van der Waals surface area contributed by atoms with Crippen molar-refractivity contribution in [3.63, 3.8) is 0 Å². The van der Waals surface area contributed by atoms with Gasteiger partial charge in [0.25, 0.3) is 0 Å². The van der Waals surface area contributed by atoms with Crippen LogP contribution < -0.4 is 5.73 Å². The van der Waals surface area contributed by atoms with Gasteiger partial charge >= 0.3 is 5.82 Å². The van der Waals surface area contributed by atoms with Gasteiger partial charge in [-0.1, -0.05) is 5.10 Å². The Morgan fingerprint density at radius 1 is 1.91 bits per heavy atom. The number of aromatic nitrogens is 2. The molecule has 0 radical (unpaired) electrons. The monoisotopic (exact) mass is 156 g/mol. The van der Waals surface area contributed by atoms with Crippen molar-refractivity contribution in [2.45, 2.75) is 13.5 Å². The number of nitrogens with zero attached hydrogens (tertiary/aromatic N) is 3. The quantitative estimate of drug-likeness (QED) is 0.495. The molecule has 0 spiro atoms. The van der Waals surface area contributed by atoms with E-state index in [0.29, 0.717) is 6.54 Å². The van der Waals surface area contributed by atoms with Gasteiger partial charge in [0.2, 0.25) is 0 Å². The van der Waals surface area contributed by atoms with Crippen molar-refractivity contribution in [1.29, 1.82) is 0 Å². The highest BCUT2D eigenvalue weighted by Gasteiger charge is 2.14. The molecular weight excluding hydrogens is 148 g/mol. The Morgan fingerprint density at radius 2 is 2.55 bits per heavy atom. The molecule has 0 atom stereocenters. The minimum atomic E-state index is -0.507. The minimum Gasteiger partial charge on any atom is -0.380 e. The molecule has 0 saturated heterocycles. The Labute approximate surface area is 62.8 Å². The topological polar surface area (TPSA) is 87.0 Å². The molecule has 1 aromatic heterocycles. The van der Waals surface area contributed by atoms with Crippen LogP contribution in [0.1, 0.15) is 6.92 Å². The van der Waals surface area contributed by atoms with Crippen molar-refractivity contribution in [3.05, 3.63) is 16.2 Å². The molecule has 6 nitrogen and oxygen atoms in total. The number of hydrogen-bond acceptors (Lipinski definition) is 4. The van der Waals surface area contributed by atoms with Gasteiger partial charge < -0.3 is 15.8 Å². The number of nitrogen functional groups attached to an aromatic ring is 1. The third kappa shape index (κ3) is 1.28. The molecule has 1 rings (SSSR count). The van der Waals surface area contributed by atoms with Crippen molar-refractivity contribution in [1.82, 2.24) is 9.78 Å². The van der Waals surface area contributed by atoms with Crippen LogP contribution >= 0.6 is 0 Å². The maximum atomic E-state index is 10.3. The molecule has 0 amide bonds. The first-order chi connectivity index (χ1) is 5.15. The summed E-state index contributed by atoms with van der Waals surface area (Å²) in [5.41, 5.74) is 5.26. The van der Waals surface area contributed by atoms with E-state index in [1.54, 1.807) is 6.92 Å². The van der Waals surface area contributed by atoms with E-state index in [4.69, 9.17) is 5.73 Å². The smallest absolute Gasteiger partial charge is 0.347 e. The summed E-state index contributed by atoms with van der Waals surface area (Å²) in [6, 6.07) is 1.24. The second-order valence-electron chi connectivity index (χ2n) is 2.00. The van der Waals surface area contributed by atoms with Crippen LogP contribution in [0, 0.1) is 10.1 Å². The number of aryl methyl sites for hydroxylation is 1. The van der Waals surface area contributed by atoms with Gasteiger partial charge in [-0.2, -0.15) is 0 Å². The number of nitro groups is 1. The molecule has 60 valence electrons. The van der Waals surface area contributed by atoms with Gasteiger partial charge in [-0.05, 0) is 11.8 Å². The lowest BCUT2D eigenvalue weighted by Crippen LogP contribution is -2.02. The van der Waals surface area contributed by atoms with E-state index < -0.39 is 4.92 Å². The van der Waals surface area contributed by atoms with Gasteiger partial charge in [-0.3, -0.25) is 0 Å². The van der Waals surface area contributed by atoms with E-state index >= 15 is 0 Å². The summed E-state index contributed by atoms with van der Waals surface area (Å²) in [6.45, 7) is 2.22. The maximum absolute atomic E-state index is 10.3. The summed E-state index contributed by atoms with van der Waals surface area (Å²) >= 11 is 0. The summed E-state index contributed by atoms with van der Waals surface area (Å²) in [7, 11) is 0. The van der Waals surface area contributed by atoms with Crippen LogP contribution in [0.15, 0.2) is 6.07 Å². The number of hydrogen-bond donors (Lipinski definition) is 1. The fraction of sp³-hybridized carbons (Fsp3) is 0.400. The fourth-order valence-corrected chi connectivity index (χ4v) is 0.806. The first-order valence-corrected chi connectivity index (χ1v) is 3.13. The van der Waals surface area contributed by atoms with Gasteiger partial charge in [0, 0.05) is 0 Å². The highest BCUT2D eigenvalue weighted by atomic mass is 16.6. The molecule has 0 bridgehead atoms. The second kappa shape index (κ2) is 2.57. The van der Waals surface area contributed by atoms with Gasteiger partial charge in [-0.25, -0.2) is 0 Å². The molecule has 1 aromatic rings. The van der Waals surface area contributed by atoms with Crippen LogP contribution in [0.25, 0.3) is 0 Å². The molecule has 0 unspecified atom stereocenters. The largest absolute Gasteiger partial charge is 0.380 e. The summed E-state index contributed by atoms with van der Waals surface area (Å²) in [4.78, 5) is 9.78. The Hall–Kier alpha value is -1.59. The van der Waals surface area contributed by atoms with Crippen LogP contribution in [0.5, 0.6) is 0 Å². The average molecular weight is 156 g/mol. The Balaban J connectivity index is 3.12. The highest BCUT2D eigenvalue weighted by Crippen LogP contribution is 2.13. The van der Waals surface area contributed by atoms with E-state index in [-0.39, 0.29) is 11.6 Å². The van der Waals surface area contributed by atoms with Crippen LogP contribution in [0.4, 0.5) is 11.6 Å². The maximum Gasteiger partial charge on any atom is 0.347 e. The third-order valence-electron chi connectivity index (χ3n) is 1.26. The zero-order valence-corrected chi connectivity index (χ0v) is 6.02. The van der Waals surface area contributed by atoms with E-state index in [1.807, 2.05) is 0 Å². The lowest BCUT2D eigenvalue weighted by Gasteiger charge is -1.92. The first-order valence-electron chi connectivity index (χ1n) is 3.13.